The molecule has 0 fully saturated rings. The predicted octanol–water partition coefficient (Wildman–Crippen LogP) is 1.20. The van der Waals surface area contributed by atoms with Crippen molar-refractivity contribution < 1.29 is 4.79 Å². The number of rotatable bonds is 0. The molecule has 0 saturated heterocycles. The van der Waals surface area contributed by atoms with Gasteiger partial charge in [-0.05, 0) is 10.4 Å². The van der Waals surface area contributed by atoms with Gasteiger partial charge >= 0.3 is 0 Å². The second-order valence-corrected chi connectivity index (χ2v) is 6.91. The SMILES string of the molecule is C[SiH]1c2ccccc2C(=O)c2ccccc21. The normalized spacial score (nSPS) is 14.4. The van der Waals surface area contributed by atoms with Gasteiger partial charge in [0.2, 0.25) is 0 Å². The lowest BCUT2D eigenvalue weighted by molar-refractivity contribution is 0.104. The molecule has 1 nitrogen and oxygen atoms in total. The summed E-state index contributed by atoms with van der Waals surface area (Å²) in [6.07, 6.45) is 0. The second kappa shape index (κ2) is 3.42. The monoisotopic (exact) mass is 224 g/mol. The number of hydrogen-bond donors (Lipinski definition) is 0. The molecule has 0 atom stereocenters. The summed E-state index contributed by atoms with van der Waals surface area (Å²) in [5.41, 5.74) is 1.83. The van der Waals surface area contributed by atoms with Crippen LogP contribution in [0, 0.1) is 0 Å². The molecule has 0 amide bonds. The van der Waals surface area contributed by atoms with Crippen molar-refractivity contribution in [2.75, 3.05) is 0 Å². The first-order valence-corrected chi connectivity index (χ1v) is 7.82. The molecule has 78 valence electrons. The Morgan fingerprint density at radius 2 is 1.25 bits per heavy atom. The van der Waals surface area contributed by atoms with Crippen molar-refractivity contribution in [3.05, 3.63) is 59.7 Å². The molecule has 0 N–H and O–H groups in total. The quantitative estimate of drug-likeness (QED) is 0.615. The average Bonchev–Trinajstić information content (AvgIpc) is 2.36. The van der Waals surface area contributed by atoms with Crippen LogP contribution in [-0.4, -0.2) is 14.6 Å². The summed E-state index contributed by atoms with van der Waals surface area (Å²) in [4.78, 5) is 12.3. The highest BCUT2D eigenvalue weighted by Gasteiger charge is 2.28. The summed E-state index contributed by atoms with van der Waals surface area (Å²) >= 11 is 0. The van der Waals surface area contributed by atoms with Crippen molar-refractivity contribution in [1.82, 2.24) is 0 Å². The van der Waals surface area contributed by atoms with E-state index in [0.29, 0.717) is 0 Å². The minimum absolute atomic E-state index is 0.191. The number of hydrogen-bond acceptors (Lipinski definition) is 1. The number of benzene rings is 2. The smallest absolute Gasteiger partial charge is 0.192 e. The van der Waals surface area contributed by atoms with Gasteiger partial charge in [0, 0.05) is 11.1 Å². The second-order valence-electron chi connectivity index (χ2n) is 4.23. The largest absolute Gasteiger partial charge is 0.289 e. The molecule has 0 saturated carbocycles. The maximum atomic E-state index is 12.3. The Bertz CT molecular complexity index is 525. The first kappa shape index (κ1) is 9.55. The highest BCUT2D eigenvalue weighted by Crippen LogP contribution is 2.13. The Labute approximate surface area is 96.4 Å². The fraction of sp³-hybridized carbons (Fsp3) is 0.0714. The predicted molar refractivity (Wildman–Crippen MR) is 68.6 cm³/mol. The topological polar surface area (TPSA) is 17.1 Å². The standard InChI is InChI=1S/C14H12OSi/c1-16-12-8-4-2-6-10(12)14(15)11-7-3-5-9-13(11)16/h2-9,16H,1H3. The van der Waals surface area contributed by atoms with Crippen LogP contribution in [0.25, 0.3) is 0 Å². The average molecular weight is 224 g/mol. The van der Waals surface area contributed by atoms with Crippen molar-refractivity contribution in [2.45, 2.75) is 6.55 Å². The first-order valence-electron chi connectivity index (χ1n) is 5.51. The zero-order valence-corrected chi connectivity index (χ0v) is 10.3. The lowest BCUT2D eigenvalue weighted by Crippen LogP contribution is -2.48. The van der Waals surface area contributed by atoms with Gasteiger partial charge in [-0.15, -0.1) is 0 Å². The fourth-order valence-electron chi connectivity index (χ4n) is 2.48. The van der Waals surface area contributed by atoms with Crippen LogP contribution in [0.15, 0.2) is 48.5 Å². The van der Waals surface area contributed by atoms with Crippen molar-refractivity contribution in [3.63, 3.8) is 0 Å². The third kappa shape index (κ3) is 1.20. The summed E-state index contributed by atoms with van der Waals surface area (Å²) in [7, 11) is -1.15. The van der Waals surface area contributed by atoms with E-state index in [1.54, 1.807) is 0 Å². The van der Waals surface area contributed by atoms with Crippen molar-refractivity contribution >= 4 is 25.0 Å². The van der Waals surface area contributed by atoms with Gasteiger partial charge < -0.3 is 0 Å². The van der Waals surface area contributed by atoms with Gasteiger partial charge in [0.05, 0.1) is 0 Å². The van der Waals surface area contributed by atoms with Gasteiger partial charge in [-0.3, -0.25) is 4.79 Å². The van der Waals surface area contributed by atoms with E-state index in [1.165, 1.54) is 10.4 Å². The highest BCUT2D eigenvalue weighted by atomic mass is 28.3. The van der Waals surface area contributed by atoms with Crippen LogP contribution in [0.3, 0.4) is 0 Å². The van der Waals surface area contributed by atoms with Gasteiger partial charge in [-0.25, -0.2) is 0 Å². The van der Waals surface area contributed by atoms with Crippen LogP contribution in [0.2, 0.25) is 6.55 Å². The van der Waals surface area contributed by atoms with Crippen LogP contribution < -0.4 is 10.4 Å². The van der Waals surface area contributed by atoms with Crippen LogP contribution in [0.4, 0.5) is 0 Å². The highest BCUT2D eigenvalue weighted by molar-refractivity contribution is 6.87. The lowest BCUT2D eigenvalue weighted by Gasteiger charge is -2.23. The first-order chi connectivity index (χ1) is 7.79. The maximum absolute atomic E-state index is 12.3. The minimum atomic E-state index is -1.15. The minimum Gasteiger partial charge on any atom is -0.289 e. The lowest BCUT2D eigenvalue weighted by atomic mass is 10.0. The molecule has 1 aliphatic heterocycles. The third-order valence-electron chi connectivity index (χ3n) is 3.34. The molecule has 2 heteroatoms. The Morgan fingerprint density at radius 3 is 1.75 bits per heavy atom. The molecule has 0 spiro atoms. The van der Waals surface area contributed by atoms with E-state index >= 15 is 0 Å². The summed E-state index contributed by atoms with van der Waals surface area (Å²) in [6.45, 7) is 2.30. The van der Waals surface area contributed by atoms with Crippen molar-refractivity contribution in [3.8, 4) is 0 Å². The molecule has 0 unspecified atom stereocenters. The van der Waals surface area contributed by atoms with Crippen LogP contribution in [0.1, 0.15) is 15.9 Å². The molecular formula is C14H12OSi. The number of fused-ring (bicyclic) bond motifs is 2. The zero-order valence-electron chi connectivity index (χ0n) is 9.10. The van der Waals surface area contributed by atoms with E-state index in [2.05, 4.69) is 18.7 Å². The molecular weight excluding hydrogens is 212 g/mol. The van der Waals surface area contributed by atoms with Gasteiger partial charge in [0.15, 0.2) is 5.78 Å². The Balaban J connectivity index is 2.30. The summed E-state index contributed by atoms with van der Waals surface area (Å²) in [6, 6.07) is 16.1. The molecule has 2 aromatic carbocycles. The van der Waals surface area contributed by atoms with Crippen molar-refractivity contribution in [1.29, 1.82) is 0 Å². The molecule has 0 aromatic heterocycles. The maximum Gasteiger partial charge on any atom is 0.192 e. The summed E-state index contributed by atoms with van der Waals surface area (Å²) in [5, 5.41) is 2.57. The third-order valence-corrected chi connectivity index (χ3v) is 6.22. The van der Waals surface area contributed by atoms with Gasteiger partial charge in [0.1, 0.15) is 8.80 Å². The Morgan fingerprint density at radius 1 is 0.812 bits per heavy atom. The Kier molecular flexibility index (Phi) is 2.04. The molecule has 1 aliphatic rings. The molecule has 0 bridgehead atoms. The molecule has 2 aromatic rings. The van der Waals surface area contributed by atoms with Crippen LogP contribution in [-0.2, 0) is 0 Å². The van der Waals surface area contributed by atoms with E-state index in [1.807, 2.05) is 36.4 Å². The molecule has 16 heavy (non-hydrogen) atoms. The van der Waals surface area contributed by atoms with Crippen LogP contribution >= 0.6 is 0 Å². The number of carbonyl (C=O) groups excluding carboxylic acids is 1. The van der Waals surface area contributed by atoms with Crippen LogP contribution in [0.5, 0.6) is 0 Å². The van der Waals surface area contributed by atoms with Crippen molar-refractivity contribution in [2.24, 2.45) is 0 Å². The van der Waals surface area contributed by atoms with Gasteiger partial charge in [-0.1, -0.05) is 55.1 Å². The van der Waals surface area contributed by atoms with E-state index in [4.69, 9.17) is 0 Å². The molecule has 1 heterocycles. The van der Waals surface area contributed by atoms with E-state index in [-0.39, 0.29) is 5.78 Å². The molecule has 3 rings (SSSR count). The molecule has 0 radical (unpaired) electrons. The zero-order chi connectivity index (χ0) is 11.1. The summed E-state index contributed by atoms with van der Waals surface area (Å²) in [5.74, 6) is 0.191. The van der Waals surface area contributed by atoms with E-state index < -0.39 is 8.80 Å². The summed E-state index contributed by atoms with van der Waals surface area (Å²) < 4.78 is 0. The van der Waals surface area contributed by atoms with E-state index in [9.17, 15) is 4.79 Å². The van der Waals surface area contributed by atoms with E-state index in [0.717, 1.165) is 11.1 Å². The van der Waals surface area contributed by atoms with Gasteiger partial charge in [-0.2, -0.15) is 0 Å². The number of carbonyl (C=O) groups is 1. The Hall–Kier alpha value is -1.67. The molecule has 0 aliphatic carbocycles. The number of ketones is 1. The van der Waals surface area contributed by atoms with Gasteiger partial charge in [0.25, 0.3) is 0 Å². The fourth-order valence-corrected chi connectivity index (χ4v) is 5.00.